The Labute approximate surface area is 199 Å². The minimum Gasteiger partial charge on any atom is -0.478 e. The quantitative estimate of drug-likeness (QED) is 0.637. The lowest BCUT2D eigenvalue weighted by molar-refractivity contribution is -0.115. The lowest BCUT2D eigenvalue weighted by Crippen LogP contribution is -2.46. The molecule has 11 heteroatoms. The Morgan fingerprint density at radius 1 is 1.16 bits per heavy atom. The Bertz CT molecular complexity index is 944. The molecule has 0 radical (unpaired) electrons. The molecule has 2 heterocycles. The third-order valence-corrected chi connectivity index (χ3v) is 4.87. The number of piperazine rings is 1. The topological polar surface area (TPSA) is 110 Å². The molecule has 0 saturated carbocycles. The van der Waals surface area contributed by atoms with Crippen LogP contribution in [0.2, 0.25) is 0 Å². The molecule has 31 heavy (non-hydrogen) atoms. The van der Waals surface area contributed by atoms with Gasteiger partial charge in [0.05, 0.1) is 17.1 Å². The smallest absolute Gasteiger partial charge is 0.336 e. The molecule has 1 aliphatic heterocycles. The zero-order chi connectivity index (χ0) is 20.1. The van der Waals surface area contributed by atoms with Crippen LogP contribution >= 0.6 is 37.2 Å². The Morgan fingerprint density at radius 2 is 1.84 bits per heavy atom. The third kappa shape index (κ3) is 7.11. The molecule has 1 aromatic carbocycles. The normalized spacial score (nSPS) is 13.2. The van der Waals surface area contributed by atoms with Gasteiger partial charge in [0.1, 0.15) is 5.82 Å². The zero-order valence-corrected chi connectivity index (χ0v) is 19.5. The van der Waals surface area contributed by atoms with Gasteiger partial charge in [0, 0.05) is 56.6 Å². The molecular weight excluding hydrogens is 465 g/mol. The second kappa shape index (κ2) is 13.2. The number of pyridine rings is 1. The van der Waals surface area contributed by atoms with E-state index in [-0.39, 0.29) is 48.7 Å². The predicted molar refractivity (Wildman–Crippen MR) is 128 cm³/mol. The maximum absolute atomic E-state index is 11.8. The molecule has 0 bridgehead atoms. The summed E-state index contributed by atoms with van der Waals surface area (Å²) in [6.45, 7) is 5.59. The highest BCUT2D eigenvalue weighted by molar-refractivity contribution is 6.05. The number of nitrogens with one attached hydrogen (secondary N) is 1. The Morgan fingerprint density at radius 3 is 2.42 bits per heavy atom. The average Bonchev–Trinajstić information content (AvgIpc) is 2.71. The highest BCUT2D eigenvalue weighted by atomic mass is 35.5. The van der Waals surface area contributed by atoms with Gasteiger partial charge in [-0.3, -0.25) is 9.69 Å². The molecule has 2 aromatic rings. The first-order chi connectivity index (χ1) is 13.5. The van der Waals surface area contributed by atoms with Gasteiger partial charge in [-0.25, -0.2) is 9.78 Å². The molecule has 0 aliphatic carbocycles. The first kappa shape index (κ1) is 28.7. The fraction of sp³-hybridized carbons (Fsp3) is 0.400. The summed E-state index contributed by atoms with van der Waals surface area (Å²) in [4.78, 5) is 32.4. The van der Waals surface area contributed by atoms with Gasteiger partial charge < -0.3 is 15.3 Å². The minimum absolute atomic E-state index is 0. The second-order valence-electron chi connectivity index (χ2n) is 6.70. The number of halogens is 3. The maximum Gasteiger partial charge on any atom is 0.336 e. The molecule has 0 unspecified atom stereocenters. The summed E-state index contributed by atoms with van der Waals surface area (Å²) in [6.07, 6.45) is 0.857. The molecule has 8 nitrogen and oxygen atoms in total. The summed E-state index contributed by atoms with van der Waals surface area (Å²) in [5, 5.41) is 21.7. The lowest BCUT2D eigenvalue weighted by atomic mass is 10.1. The van der Waals surface area contributed by atoms with Gasteiger partial charge in [0.2, 0.25) is 5.91 Å². The van der Waals surface area contributed by atoms with Crippen molar-refractivity contribution >= 4 is 71.5 Å². The number of fused-ring (bicyclic) bond motifs is 1. The Balaban J connectivity index is 0.00000300. The van der Waals surface area contributed by atoms with Gasteiger partial charge in [-0.15, -0.1) is 37.2 Å². The number of nitrogens with zero attached hydrogens (tertiary/aromatic N) is 4. The van der Waals surface area contributed by atoms with Crippen molar-refractivity contribution in [2.24, 2.45) is 0 Å². The van der Waals surface area contributed by atoms with Gasteiger partial charge >= 0.3 is 5.97 Å². The van der Waals surface area contributed by atoms with E-state index in [2.05, 4.69) is 26.2 Å². The van der Waals surface area contributed by atoms with E-state index in [1.807, 2.05) is 0 Å². The van der Waals surface area contributed by atoms with Gasteiger partial charge in [-0.2, -0.15) is 5.26 Å². The SMILES string of the molecule is CCC(=O)Nc1ccc2nc(N3CCN(CCC#N)CC3)cc(C(=O)O)c2c1.Cl.Cl.Cl. The summed E-state index contributed by atoms with van der Waals surface area (Å²) in [5.74, 6) is -0.523. The van der Waals surface area contributed by atoms with Crippen LogP contribution in [-0.4, -0.2) is 59.6 Å². The van der Waals surface area contributed by atoms with Crippen LogP contribution in [0.4, 0.5) is 11.5 Å². The number of hydrogen-bond donors (Lipinski definition) is 2. The number of anilines is 2. The number of aromatic carboxylic acids is 1. The molecule has 2 N–H and O–H groups in total. The number of nitriles is 1. The molecule has 1 fully saturated rings. The largest absolute Gasteiger partial charge is 0.478 e. The number of benzene rings is 1. The fourth-order valence-corrected chi connectivity index (χ4v) is 3.29. The van der Waals surface area contributed by atoms with Gasteiger partial charge in [0.25, 0.3) is 0 Å². The predicted octanol–water partition coefficient (Wildman–Crippen LogP) is 3.58. The number of rotatable bonds is 6. The van der Waals surface area contributed by atoms with Crippen molar-refractivity contribution < 1.29 is 14.7 Å². The summed E-state index contributed by atoms with van der Waals surface area (Å²) in [6, 6.07) is 8.88. The minimum atomic E-state index is -1.03. The molecule has 1 aromatic heterocycles. The molecule has 170 valence electrons. The molecule has 0 atom stereocenters. The molecule has 1 amide bonds. The van der Waals surface area contributed by atoms with E-state index in [1.54, 1.807) is 31.2 Å². The van der Waals surface area contributed by atoms with E-state index in [9.17, 15) is 14.7 Å². The first-order valence-electron chi connectivity index (χ1n) is 9.34. The van der Waals surface area contributed by atoms with E-state index in [1.165, 1.54) is 0 Å². The number of carbonyl (C=O) groups is 2. The number of hydrogen-bond acceptors (Lipinski definition) is 6. The van der Waals surface area contributed by atoms with Crippen LogP contribution in [0.5, 0.6) is 0 Å². The molecule has 3 rings (SSSR count). The first-order valence-corrected chi connectivity index (χ1v) is 9.34. The average molecular weight is 491 g/mol. The zero-order valence-electron chi connectivity index (χ0n) is 17.0. The monoisotopic (exact) mass is 489 g/mol. The van der Waals surface area contributed by atoms with Crippen molar-refractivity contribution in [3.05, 3.63) is 29.8 Å². The Kier molecular flexibility index (Phi) is 12.2. The van der Waals surface area contributed by atoms with E-state index in [0.717, 1.165) is 32.7 Å². The van der Waals surface area contributed by atoms with Gasteiger partial charge in [-0.05, 0) is 24.3 Å². The summed E-state index contributed by atoms with van der Waals surface area (Å²) >= 11 is 0. The fourth-order valence-electron chi connectivity index (χ4n) is 3.29. The van der Waals surface area contributed by atoms with Crippen LogP contribution in [0.3, 0.4) is 0 Å². The third-order valence-electron chi connectivity index (χ3n) is 4.87. The lowest BCUT2D eigenvalue weighted by Gasteiger charge is -2.35. The standard InChI is InChI=1S/C20H23N5O3.3ClH/c1-2-19(26)22-14-4-5-17-15(12-14)16(20(27)28)13-18(23-17)25-10-8-24(9-11-25)7-3-6-21;;;/h4-5,12-13H,2-3,7-11H2,1H3,(H,22,26)(H,27,28);3*1H. The maximum atomic E-state index is 11.8. The van der Waals surface area contributed by atoms with Crippen LogP contribution in [0.1, 0.15) is 30.1 Å². The highest BCUT2D eigenvalue weighted by Gasteiger charge is 2.20. The van der Waals surface area contributed by atoms with E-state index in [4.69, 9.17) is 5.26 Å². The van der Waals surface area contributed by atoms with Crippen molar-refractivity contribution in [2.75, 3.05) is 42.9 Å². The van der Waals surface area contributed by atoms with Crippen molar-refractivity contribution in [1.29, 1.82) is 5.26 Å². The molecule has 0 spiro atoms. The highest BCUT2D eigenvalue weighted by Crippen LogP contribution is 2.26. The van der Waals surface area contributed by atoms with Gasteiger partial charge in [0.15, 0.2) is 0 Å². The van der Waals surface area contributed by atoms with Crippen molar-refractivity contribution in [1.82, 2.24) is 9.88 Å². The number of carbonyl (C=O) groups excluding carboxylic acids is 1. The summed E-state index contributed by atoms with van der Waals surface area (Å²) in [5.41, 5.74) is 1.30. The number of amides is 1. The summed E-state index contributed by atoms with van der Waals surface area (Å²) < 4.78 is 0. The molecular formula is C20H26Cl3N5O3. The molecule has 1 saturated heterocycles. The van der Waals surface area contributed by atoms with Crippen molar-refractivity contribution in [2.45, 2.75) is 19.8 Å². The summed E-state index contributed by atoms with van der Waals surface area (Å²) in [7, 11) is 0. The number of carboxylic acid groups (broad SMARTS) is 1. The van der Waals surface area contributed by atoms with Crippen LogP contribution < -0.4 is 10.2 Å². The van der Waals surface area contributed by atoms with Crippen molar-refractivity contribution in [3.63, 3.8) is 0 Å². The number of carboxylic acids is 1. The van der Waals surface area contributed by atoms with Crippen LogP contribution in [0.15, 0.2) is 24.3 Å². The van der Waals surface area contributed by atoms with Crippen LogP contribution in [0.25, 0.3) is 10.9 Å². The van der Waals surface area contributed by atoms with Crippen LogP contribution in [-0.2, 0) is 4.79 Å². The second-order valence-corrected chi connectivity index (χ2v) is 6.70. The van der Waals surface area contributed by atoms with Crippen LogP contribution in [0, 0.1) is 11.3 Å². The Hall–Kier alpha value is -2.31. The van der Waals surface area contributed by atoms with E-state index in [0.29, 0.717) is 35.2 Å². The van der Waals surface area contributed by atoms with Crippen molar-refractivity contribution in [3.8, 4) is 6.07 Å². The van der Waals surface area contributed by atoms with E-state index < -0.39 is 5.97 Å². The number of aromatic nitrogens is 1. The molecule has 1 aliphatic rings. The van der Waals surface area contributed by atoms with E-state index >= 15 is 0 Å². The van der Waals surface area contributed by atoms with Gasteiger partial charge in [-0.1, -0.05) is 6.92 Å².